The standard InChI is InChI=1S/C27H20FN3O/c1-18-14-24(30-27(32)22-8-5-9-23(28)15-22)26-29-25(17-31(26)16-18)21-12-10-20(11-13-21)19-6-3-2-4-7-19/h2-17H,1H3,(H,30,32). The molecule has 5 heteroatoms. The first-order chi connectivity index (χ1) is 15.6. The fourth-order valence-electron chi connectivity index (χ4n) is 3.76. The second-order valence-corrected chi connectivity index (χ2v) is 7.70. The van der Waals surface area contributed by atoms with E-state index in [1.807, 2.05) is 60.1 Å². The van der Waals surface area contributed by atoms with Crippen LogP contribution in [0.4, 0.5) is 10.1 Å². The lowest BCUT2D eigenvalue weighted by Gasteiger charge is -2.08. The highest BCUT2D eigenvalue weighted by Crippen LogP contribution is 2.27. The van der Waals surface area contributed by atoms with Gasteiger partial charge < -0.3 is 9.72 Å². The minimum absolute atomic E-state index is 0.257. The van der Waals surface area contributed by atoms with E-state index >= 15 is 0 Å². The Bertz CT molecular complexity index is 1420. The summed E-state index contributed by atoms with van der Waals surface area (Å²) in [7, 11) is 0. The van der Waals surface area contributed by atoms with E-state index in [-0.39, 0.29) is 11.5 Å². The number of rotatable bonds is 4. The topological polar surface area (TPSA) is 46.4 Å². The molecule has 1 N–H and O–H groups in total. The number of pyridine rings is 1. The molecule has 0 aliphatic rings. The molecule has 2 aromatic heterocycles. The van der Waals surface area contributed by atoms with Crippen molar-refractivity contribution in [3.63, 3.8) is 0 Å². The minimum Gasteiger partial charge on any atom is -0.319 e. The molecule has 0 spiro atoms. The van der Waals surface area contributed by atoms with Crippen LogP contribution in [0.3, 0.4) is 0 Å². The number of carbonyl (C=O) groups excluding carboxylic acids is 1. The average Bonchev–Trinajstić information content (AvgIpc) is 3.24. The van der Waals surface area contributed by atoms with Crippen molar-refractivity contribution < 1.29 is 9.18 Å². The highest BCUT2D eigenvalue weighted by molar-refractivity contribution is 6.06. The van der Waals surface area contributed by atoms with Crippen LogP contribution in [0.2, 0.25) is 0 Å². The van der Waals surface area contributed by atoms with Gasteiger partial charge in [-0.1, -0.05) is 60.7 Å². The number of hydrogen-bond donors (Lipinski definition) is 1. The second-order valence-electron chi connectivity index (χ2n) is 7.70. The van der Waals surface area contributed by atoms with Gasteiger partial charge in [-0.15, -0.1) is 0 Å². The molecule has 0 unspecified atom stereocenters. The molecular formula is C27H20FN3O. The zero-order valence-corrected chi connectivity index (χ0v) is 17.4. The highest BCUT2D eigenvalue weighted by atomic mass is 19.1. The molecule has 2 heterocycles. The Hall–Kier alpha value is -4.25. The summed E-state index contributed by atoms with van der Waals surface area (Å²) in [5.74, 6) is -0.831. The van der Waals surface area contributed by atoms with Crippen molar-refractivity contribution in [1.82, 2.24) is 9.38 Å². The molecular weight excluding hydrogens is 401 g/mol. The van der Waals surface area contributed by atoms with Crippen molar-refractivity contribution in [1.29, 1.82) is 0 Å². The molecule has 0 aliphatic heterocycles. The molecule has 0 bridgehead atoms. The number of aromatic nitrogens is 2. The van der Waals surface area contributed by atoms with Crippen LogP contribution in [-0.2, 0) is 0 Å². The number of halogens is 1. The summed E-state index contributed by atoms with van der Waals surface area (Å²) in [4.78, 5) is 17.4. The zero-order valence-electron chi connectivity index (χ0n) is 17.4. The summed E-state index contributed by atoms with van der Waals surface area (Å²) in [6, 6.07) is 25.9. The van der Waals surface area contributed by atoms with Crippen molar-refractivity contribution in [2.75, 3.05) is 5.32 Å². The monoisotopic (exact) mass is 421 g/mol. The molecule has 0 saturated carbocycles. The van der Waals surface area contributed by atoms with E-state index in [9.17, 15) is 9.18 Å². The Morgan fingerprint density at radius 1 is 0.844 bits per heavy atom. The number of benzene rings is 3. The number of carbonyl (C=O) groups is 1. The Morgan fingerprint density at radius 3 is 2.31 bits per heavy atom. The first-order valence-electron chi connectivity index (χ1n) is 10.3. The largest absolute Gasteiger partial charge is 0.319 e. The SMILES string of the molecule is Cc1cc(NC(=O)c2cccc(F)c2)c2nc(-c3ccc(-c4ccccc4)cc3)cn2c1. The molecule has 0 aliphatic carbocycles. The van der Waals surface area contributed by atoms with Crippen LogP contribution in [-0.4, -0.2) is 15.3 Å². The predicted molar refractivity (Wildman–Crippen MR) is 125 cm³/mol. The highest BCUT2D eigenvalue weighted by Gasteiger charge is 2.13. The lowest BCUT2D eigenvalue weighted by Crippen LogP contribution is -2.13. The third-order valence-electron chi connectivity index (χ3n) is 5.31. The maximum Gasteiger partial charge on any atom is 0.255 e. The van der Waals surface area contributed by atoms with Gasteiger partial charge in [-0.3, -0.25) is 4.79 Å². The van der Waals surface area contributed by atoms with Crippen LogP contribution in [0.25, 0.3) is 28.0 Å². The van der Waals surface area contributed by atoms with E-state index in [4.69, 9.17) is 4.98 Å². The maximum absolute atomic E-state index is 13.5. The first kappa shape index (κ1) is 19.7. The summed E-state index contributed by atoms with van der Waals surface area (Å²) >= 11 is 0. The third-order valence-corrected chi connectivity index (χ3v) is 5.31. The summed E-state index contributed by atoms with van der Waals surface area (Å²) in [6.07, 6.45) is 3.90. The summed E-state index contributed by atoms with van der Waals surface area (Å²) < 4.78 is 15.4. The van der Waals surface area contributed by atoms with Crippen LogP contribution in [0.5, 0.6) is 0 Å². The number of nitrogens with one attached hydrogen (secondary N) is 1. The molecule has 0 atom stereocenters. The molecule has 156 valence electrons. The smallest absolute Gasteiger partial charge is 0.255 e. The van der Waals surface area contributed by atoms with Crippen molar-refractivity contribution >= 4 is 17.2 Å². The number of hydrogen-bond acceptors (Lipinski definition) is 2. The lowest BCUT2D eigenvalue weighted by atomic mass is 10.0. The molecule has 4 nitrogen and oxygen atoms in total. The molecule has 1 amide bonds. The first-order valence-corrected chi connectivity index (χ1v) is 10.3. The van der Waals surface area contributed by atoms with E-state index in [1.165, 1.54) is 18.2 Å². The van der Waals surface area contributed by atoms with Crippen LogP contribution >= 0.6 is 0 Å². The Balaban J connectivity index is 1.48. The van der Waals surface area contributed by atoms with E-state index in [0.29, 0.717) is 11.3 Å². The fourth-order valence-corrected chi connectivity index (χ4v) is 3.76. The van der Waals surface area contributed by atoms with Crippen LogP contribution in [0.15, 0.2) is 97.3 Å². The molecule has 3 aromatic carbocycles. The van der Waals surface area contributed by atoms with Gasteiger partial charge in [0.2, 0.25) is 0 Å². The van der Waals surface area contributed by atoms with Crippen LogP contribution < -0.4 is 5.32 Å². The molecule has 0 fully saturated rings. The fraction of sp³-hybridized carbons (Fsp3) is 0.0370. The number of aryl methyl sites for hydroxylation is 1. The minimum atomic E-state index is -0.450. The Labute approximate surface area is 185 Å². The van der Waals surface area contributed by atoms with Crippen LogP contribution in [0.1, 0.15) is 15.9 Å². The summed E-state index contributed by atoms with van der Waals surface area (Å²) in [5.41, 5.74) is 6.51. The van der Waals surface area contributed by atoms with Gasteiger partial charge in [-0.25, -0.2) is 9.37 Å². The quantitative estimate of drug-likeness (QED) is 0.367. The normalized spacial score (nSPS) is 10.9. The van der Waals surface area contributed by atoms with Gasteiger partial charge in [-0.2, -0.15) is 0 Å². The van der Waals surface area contributed by atoms with Crippen molar-refractivity contribution in [2.45, 2.75) is 6.92 Å². The number of fused-ring (bicyclic) bond motifs is 1. The number of nitrogens with zero attached hydrogens (tertiary/aromatic N) is 2. The molecule has 5 rings (SSSR count). The lowest BCUT2D eigenvalue weighted by molar-refractivity contribution is 0.102. The van der Waals surface area contributed by atoms with Crippen molar-refractivity contribution in [3.05, 3.63) is 114 Å². The van der Waals surface area contributed by atoms with Gasteiger partial charge in [0.25, 0.3) is 5.91 Å². The molecule has 0 saturated heterocycles. The molecule has 0 radical (unpaired) electrons. The van der Waals surface area contributed by atoms with Gasteiger partial charge in [0.1, 0.15) is 5.82 Å². The van der Waals surface area contributed by atoms with Gasteiger partial charge in [0.05, 0.1) is 11.4 Å². The average molecular weight is 421 g/mol. The van der Waals surface area contributed by atoms with Gasteiger partial charge in [0.15, 0.2) is 5.65 Å². The predicted octanol–water partition coefficient (Wildman–Crippen LogP) is 6.37. The van der Waals surface area contributed by atoms with Gasteiger partial charge in [0, 0.05) is 23.5 Å². The maximum atomic E-state index is 13.5. The summed E-state index contributed by atoms with van der Waals surface area (Å²) in [6.45, 7) is 1.95. The Morgan fingerprint density at radius 2 is 1.56 bits per heavy atom. The van der Waals surface area contributed by atoms with E-state index in [2.05, 4.69) is 29.6 Å². The molecule has 32 heavy (non-hydrogen) atoms. The van der Waals surface area contributed by atoms with Crippen molar-refractivity contribution in [2.24, 2.45) is 0 Å². The van der Waals surface area contributed by atoms with E-state index < -0.39 is 5.82 Å². The number of anilines is 1. The van der Waals surface area contributed by atoms with Crippen molar-refractivity contribution in [3.8, 4) is 22.4 Å². The van der Waals surface area contributed by atoms with E-state index in [1.54, 1.807) is 6.07 Å². The molecule has 5 aromatic rings. The summed E-state index contributed by atoms with van der Waals surface area (Å²) in [5, 5.41) is 2.88. The van der Waals surface area contributed by atoms with Crippen LogP contribution in [0, 0.1) is 12.7 Å². The zero-order chi connectivity index (χ0) is 22.1. The van der Waals surface area contributed by atoms with E-state index in [0.717, 1.165) is 27.9 Å². The van der Waals surface area contributed by atoms with Gasteiger partial charge in [-0.05, 0) is 47.9 Å². The Kier molecular flexibility index (Phi) is 5.00. The number of imidazole rings is 1. The van der Waals surface area contributed by atoms with Gasteiger partial charge >= 0.3 is 0 Å². The number of amides is 1. The second kappa shape index (κ2) is 8.12. The third kappa shape index (κ3) is 3.88.